The molecule has 1 amide bonds. The van der Waals surface area contributed by atoms with Gasteiger partial charge in [0.05, 0.1) is 30.7 Å². The fourth-order valence-corrected chi connectivity index (χ4v) is 7.84. The van der Waals surface area contributed by atoms with Gasteiger partial charge in [0.1, 0.15) is 11.9 Å². The van der Waals surface area contributed by atoms with Crippen molar-refractivity contribution in [2.24, 2.45) is 5.92 Å². The van der Waals surface area contributed by atoms with Crippen LogP contribution < -0.4 is 14.4 Å². The lowest BCUT2D eigenvalue weighted by Crippen LogP contribution is -2.43. The van der Waals surface area contributed by atoms with Crippen LogP contribution in [0.3, 0.4) is 0 Å². The molecule has 2 aromatic rings. The van der Waals surface area contributed by atoms with E-state index >= 15 is 0 Å². The summed E-state index contributed by atoms with van der Waals surface area (Å²) in [5.74, 6) is 1.95. The summed E-state index contributed by atoms with van der Waals surface area (Å²) < 4.78 is 12.1. The second-order valence-electron chi connectivity index (χ2n) is 12.3. The van der Waals surface area contributed by atoms with Gasteiger partial charge >= 0.3 is 0 Å². The number of aliphatic hydroxyl groups excluding tert-OH is 1. The summed E-state index contributed by atoms with van der Waals surface area (Å²) in [6, 6.07) is 10.3. The number of rotatable bonds is 8. The van der Waals surface area contributed by atoms with Gasteiger partial charge in [-0.05, 0) is 61.5 Å². The zero-order valence-electron chi connectivity index (χ0n) is 23.2. The first-order valence-corrected chi connectivity index (χ1v) is 14.9. The van der Waals surface area contributed by atoms with Crippen molar-refractivity contribution < 1.29 is 24.2 Å². The van der Waals surface area contributed by atoms with E-state index in [2.05, 4.69) is 23.1 Å². The maximum atomic E-state index is 13.1. The van der Waals surface area contributed by atoms with E-state index in [0.29, 0.717) is 31.6 Å². The van der Waals surface area contributed by atoms with Crippen molar-refractivity contribution in [2.45, 2.75) is 75.5 Å². The molecular formula is C33H38N2O5. The van der Waals surface area contributed by atoms with Gasteiger partial charge in [0.2, 0.25) is 5.91 Å². The van der Waals surface area contributed by atoms with Crippen molar-refractivity contribution in [2.75, 3.05) is 31.6 Å². The number of ether oxygens (including phenoxy) is 2. The average molecular weight is 543 g/mol. The zero-order chi connectivity index (χ0) is 27.4. The van der Waals surface area contributed by atoms with Gasteiger partial charge in [0.25, 0.3) is 0 Å². The summed E-state index contributed by atoms with van der Waals surface area (Å²) >= 11 is 0. The number of benzene rings is 2. The van der Waals surface area contributed by atoms with Crippen molar-refractivity contribution in [1.29, 1.82) is 0 Å². The summed E-state index contributed by atoms with van der Waals surface area (Å²) in [4.78, 5) is 30.0. The Morgan fingerprint density at radius 1 is 1.15 bits per heavy atom. The second-order valence-corrected chi connectivity index (χ2v) is 12.3. The molecule has 1 N–H and O–H groups in total. The fraction of sp³-hybridized carbons (Fsp3) is 0.515. The molecule has 0 radical (unpaired) electrons. The highest BCUT2D eigenvalue weighted by atomic mass is 16.5. The number of hydrogen-bond acceptors (Lipinski definition) is 6. The molecule has 40 heavy (non-hydrogen) atoms. The Morgan fingerprint density at radius 3 is 2.90 bits per heavy atom. The smallest absolute Gasteiger partial charge is 0.231 e. The molecule has 7 rings (SSSR count). The normalized spacial score (nSPS) is 28.0. The second kappa shape index (κ2) is 10.0. The highest BCUT2D eigenvalue weighted by molar-refractivity contribution is 6.03. The molecule has 0 bridgehead atoms. The first kappa shape index (κ1) is 25.8. The molecule has 1 aliphatic carbocycles. The first-order valence-electron chi connectivity index (χ1n) is 14.9. The third kappa shape index (κ3) is 4.17. The zero-order valence-corrected chi connectivity index (χ0v) is 23.2. The number of carbonyl (C=O) groups excluding carboxylic acids is 2. The first-order chi connectivity index (χ1) is 19.5. The van der Waals surface area contributed by atoms with E-state index in [0.717, 1.165) is 80.1 Å². The maximum Gasteiger partial charge on any atom is 0.231 e. The Labute approximate surface area is 235 Å². The van der Waals surface area contributed by atoms with E-state index in [1.165, 1.54) is 11.1 Å². The number of methoxy groups -OCH3 is 1. The van der Waals surface area contributed by atoms with E-state index < -0.39 is 6.10 Å². The molecule has 0 saturated heterocycles. The van der Waals surface area contributed by atoms with Crippen molar-refractivity contribution >= 4 is 17.4 Å². The molecule has 7 heteroatoms. The SMILES string of the molecule is COc1ccc2c3c1O[C@H]1C[C@@H](O)C=C[C@]31CCN(CCCCCC(=O)C1Cc3cccc4c3N(C1)C(=O)C4)C2. The minimum Gasteiger partial charge on any atom is -0.493 e. The van der Waals surface area contributed by atoms with E-state index in [4.69, 9.17) is 9.47 Å². The van der Waals surface area contributed by atoms with Crippen LogP contribution in [0.1, 0.15) is 60.8 Å². The molecule has 4 heterocycles. The molecule has 1 spiro atoms. The number of nitrogens with zero attached hydrogens (tertiary/aromatic N) is 2. The lowest BCUT2D eigenvalue weighted by molar-refractivity contribution is -0.123. The number of ketones is 1. The number of anilines is 1. The highest BCUT2D eigenvalue weighted by Gasteiger charge is 2.52. The predicted octanol–water partition coefficient (Wildman–Crippen LogP) is 4.11. The molecule has 210 valence electrons. The van der Waals surface area contributed by atoms with E-state index in [1.807, 2.05) is 29.2 Å². The summed E-state index contributed by atoms with van der Waals surface area (Å²) in [7, 11) is 1.68. The standard InChI is InChI=1S/C33H38N2O5/c1-39-27-10-9-23-19-34(15-13-33-12-11-25(36)18-28(33)40-32(27)30(23)33)14-4-2-3-8-26(37)24-16-21-6-5-7-22-17-29(38)35(20-24)31(21)22/h5-7,9-12,24-25,28,36H,2-4,8,13-20H2,1H3/t24?,25-,28-,33+/m0/s1. The molecule has 2 aromatic carbocycles. The van der Waals surface area contributed by atoms with Gasteiger partial charge in [-0.25, -0.2) is 0 Å². The summed E-state index contributed by atoms with van der Waals surface area (Å²) in [6.07, 6.45) is 9.90. The van der Waals surface area contributed by atoms with Crippen LogP contribution in [0.4, 0.5) is 5.69 Å². The van der Waals surface area contributed by atoms with Gasteiger partial charge in [-0.3, -0.25) is 14.5 Å². The maximum absolute atomic E-state index is 13.1. The van der Waals surface area contributed by atoms with Gasteiger partial charge < -0.3 is 19.5 Å². The largest absolute Gasteiger partial charge is 0.493 e. The Bertz CT molecular complexity index is 1390. The minimum atomic E-state index is -0.474. The number of para-hydroxylation sites is 1. The molecule has 0 fully saturated rings. The Balaban J connectivity index is 0.952. The Hall–Kier alpha value is -3.16. The molecule has 5 aliphatic rings. The van der Waals surface area contributed by atoms with Crippen molar-refractivity contribution in [3.05, 3.63) is 64.7 Å². The minimum absolute atomic E-state index is 0.0716. The van der Waals surface area contributed by atoms with Crippen LogP contribution >= 0.6 is 0 Å². The quantitative estimate of drug-likeness (QED) is 0.400. The van der Waals surface area contributed by atoms with E-state index in [-0.39, 0.29) is 23.3 Å². The van der Waals surface area contributed by atoms with Crippen molar-refractivity contribution in [1.82, 2.24) is 4.90 Å². The average Bonchev–Trinajstić information content (AvgIpc) is 3.40. The van der Waals surface area contributed by atoms with Gasteiger partial charge in [-0.2, -0.15) is 0 Å². The van der Waals surface area contributed by atoms with Gasteiger partial charge in [0, 0.05) is 37.4 Å². The number of hydrogen-bond donors (Lipinski definition) is 1. The molecule has 4 aliphatic heterocycles. The van der Waals surface area contributed by atoms with E-state index in [9.17, 15) is 14.7 Å². The van der Waals surface area contributed by atoms with Crippen molar-refractivity contribution in [3.63, 3.8) is 0 Å². The van der Waals surface area contributed by atoms with Crippen LogP contribution in [0.2, 0.25) is 0 Å². The molecule has 7 nitrogen and oxygen atoms in total. The van der Waals surface area contributed by atoms with Crippen LogP contribution in [-0.2, 0) is 34.4 Å². The molecule has 0 aromatic heterocycles. The third-order valence-corrected chi connectivity index (χ3v) is 9.87. The van der Waals surface area contributed by atoms with Crippen LogP contribution in [0.5, 0.6) is 11.5 Å². The van der Waals surface area contributed by atoms with Crippen LogP contribution in [0, 0.1) is 5.92 Å². The van der Waals surface area contributed by atoms with Gasteiger partial charge in [-0.1, -0.05) is 42.8 Å². The van der Waals surface area contributed by atoms with Crippen LogP contribution in [0.25, 0.3) is 0 Å². The van der Waals surface area contributed by atoms with Crippen LogP contribution in [0.15, 0.2) is 42.5 Å². The third-order valence-electron chi connectivity index (χ3n) is 9.87. The molecule has 4 atom stereocenters. The lowest BCUT2D eigenvalue weighted by atomic mass is 9.69. The summed E-state index contributed by atoms with van der Waals surface area (Å²) in [5.41, 5.74) is 5.64. The Morgan fingerprint density at radius 2 is 2.02 bits per heavy atom. The Kier molecular flexibility index (Phi) is 6.47. The fourth-order valence-electron chi connectivity index (χ4n) is 7.84. The predicted molar refractivity (Wildman–Crippen MR) is 152 cm³/mol. The number of Topliss-reactive ketones (excluding diaryl/α,β-unsaturated/α-hetero) is 1. The van der Waals surface area contributed by atoms with Gasteiger partial charge in [0.15, 0.2) is 11.5 Å². The molecule has 1 unspecified atom stereocenters. The van der Waals surface area contributed by atoms with E-state index in [1.54, 1.807) is 7.11 Å². The summed E-state index contributed by atoms with van der Waals surface area (Å²) in [5, 5.41) is 10.3. The molecule has 0 saturated carbocycles. The number of amides is 1. The number of carbonyl (C=O) groups is 2. The summed E-state index contributed by atoms with van der Waals surface area (Å²) in [6.45, 7) is 3.36. The monoisotopic (exact) mass is 542 g/mol. The number of aliphatic hydroxyl groups is 1. The highest BCUT2D eigenvalue weighted by Crippen LogP contribution is 2.55. The van der Waals surface area contributed by atoms with Crippen LogP contribution in [-0.4, -0.2) is 60.6 Å². The lowest BCUT2D eigenvalue weighted by Gasteiger charge is -2.36. The topological polar surface area (TPSA) is 79.3 Å². The van der Waals surface area contributed by atoms with Crippen molar-refractivity contribution in [3.8, 4) is 11.5 Å². The molecular weight excluding hydrogens is 504 g/mol. The van der Waals surface area contributed by atoms with Gasteiger partial charge in [-0.15, -0.1) is 0 Å². The number of unbranched alkanes of at least 4 members (excludes halogenated alkanes) is 2.